The maximum atomic E-state index is 12.7. The zero-order valence-corrected chi connectivity index (χ0v) is 23.0. The molecule has 0 fully saturated rings. The van der Waals surface area contributed by atoms with E-state index in [0.29, 0.717) is 22.7 Å². The zero-order valence-electron chi connectivity index (χ0n) is 22.2. The van der Waals surface area contributed by atoms with Crippen LogP contribution in [0, 0.1) is 0 Å². The Bertz CT molecular complexity index is 1390. The second-order valence-corrected chi connectivity index (χ2v) is 9.01. The van der Waals surface area contributed by atoms with Gasteiger partial charge in [0.05, 0.1) is 13.1 Å². The number of anilines is 4. The molecule has 2 aliphatic rings. The number of hydrogen-bond donors (Lipinski definition) is 7. The third-order valence-corrected chi connectivity index (χ3v) is 6.12. The number of carbonyl (C=O) groups excluding carboxylic acids is 3. The molecule has 0 radical (unpaired) electrons. The summed E-state index contributed by atoms with van der Waals surface area (Å²) in [5, 5.41) is 19.9. The second-order valence-electron chi connectivity index (χ2n) is 9.01. The summed E-state index contributed by atoms with van der Waals surface area (Å²) in [4.78, 5) is 46.5. The summed E-state index contributed by atoms with van der Waals surface area (Å²) in [5.74, 6) is 1.30. The Kier molecular flexibility index (Phi) is 9.38. The molecule has 12 nitrogen and oxygen atoms in total. The van der Waals surface area contributed by atoms with Gasteiger partial charge in [0.25, 0.3) is 5.91 Å². The topological polar surface area (TPSA) is 160 Å². The van der Waals surface area contributed by atoms with E-state index in [9.17, 15) is 14.4 Å². The van der Waals surface area contributed by atoms with Crippen LogP contribution in [0.5, 0.6) is 0 Å². The van der Waals surface area contributed by atoms with Crippen LogP contribution in [-0.4, -0.2) is 62.9 Å². The lowest BCUT2D eigenvalue weighted by atomic mass is 10.1. The van der Waals surface area contributed by atoms with Crippen LogP contribution in [0.1, 0.15) is 21.5 Å². The average Bonchev–Trinajstić information content (AvgIpc) is 3.68. The summed E-state index contributed by atoms with van der Waals surface area (Å²) in [6.45, 7) is 3.11. The van der Waals surface area contributed by atoms with Gasteiger partial charge in [0.1, 0.15) is 11.7 Å². The molecule has 0 atom stereocenters. The summed E-state index contributed by atoms with van der Waals surface area (Å²) in [6, 6.07) is 18.2. The first-order chi connectivity index (χ1) is 19.5. The second kappa shape index (κ2) is 13.3. The standard InChI is InChI=1S/C28H29N9O3.ClH/c1-29-26(38)19-14-22(36-27(39)34-20-6-2-17(3-7-20)24-30-10-11-31-24)16-23(15-19)37-28(40)35-21-8-4-18(5-9-21)25-32-12-13-33-25;/h2-9,14-16H,10-13H2,1H3,(H,29,38)(H,30,31)(H,32,33)(H2,34,36,39)(H2,35,37,40);1H. The molecule has 0 aromatic heterocycles. The van der Waals surface area contributed by atoms with E-state index >= 15 is 0 Å². The van der Waals surface area contributed by atoms with Crippen LogP contribution in [0.2, 0.25) is 0 Å². The highest BCUT2D eigenvalue weighted by Gasteiger charge is 2.13. The summed E-state index contributed by atoms with van der Waals surface area (Å²) >= 11 is 0. The Morgan fingerprint density at radius 2 is 1.05 bits per heavy atom. The van der Waals surface area contributed by atoms with Crippen molar-refractivity contribution in [2.45, 2.75) is 0 Å². The number of amides is 5. The van der Waals surface area contributed by atoms with E-state index in [4.69, 9.17) is 0 Å². The van der Waals surface area contributed by atoms with Crippen LogP contribution >= 0.6 is 12.4 Å². The predicted molar refractivity (Wildman–Crippen MR) is 164 cm³/mol. The van der Waals surface area contributed by atoms with Crippen molar-refractivity contribution < 1.29 is 14.4 Å². The molecule has 2 heterocycles. The molecular weight excluding hydrogens is 546 g/mol. The number of nitrogens with one attached hydrogen (secondary N) is 7. The Labute approximate surface area is 242 Å². The Morgan fingerprint density at radius 1 is 0.634 bits per heavy atom. The molecule has 5 rings (SSSR count). The first-order valence-corrected chi connectivity index (χ1v) is 12.8. The minimum absolute atomic E-state index is 0. The molecule has 13 heteroatoms. The van der Waals surface area contributed by atoms with Crippen molar-refractivity contribution in [2.75, 3.05) is 54.5 Å². The van der Waals surface area contributed by atoms with E-state index in [1.807, 2.05) is 24.3 Å². The van der Waals surface area contributed by atoms with Gasteiger partial charge in [0.15, 0.2) is 0 Å². The lowest BCUT2D eigenvalue weighted by molar-refractivity contribution is 0.0963. The van der Waals surface area contributed by atoms with Gasteiger partial charge in [-0.25, -0.2) is 9.59 Å². The minimum atomic E-state index is -0.505. The van der Waals surface area contributed by atoms with Gasteiger partial charge >= 0.3 is 12.1 Å². The molecule has 0 saturated carbocycles. The van der Waals surface area contributed by atoms with E-state index in [1.165, 1.54) is 19.2 Å². The van der Waals surface area contributed by atoms with Gasteiger partial charge in [-0.05, 0) is 66.7 Å². The molecule has 0 saturated heterocycles. The predicted octanol–water partition coefficient (Wildman–Crippen LogP) is 3.46. The fraction of sp³-hybridized carbons (Fsp3) is 0.179. The van der Waals surface area contributed by atoms with Crippen molar-refractivity contribution in [2.24, 2.45) is 9.98 Å². The number of amidine groups is 2. The number of halogens is 1. The first-order valence-electron chi connectivity index (χ1n) is 12.8. The molecular formula is C28H30ClN9O3. The number of benzene rings is 3. The quantitative estimate of drug-likeness (QED) is 0.229. The van der Waals surface area contributed by atoms with Crippen molar-refractivity contribution in [3.8, 4) is 0 Å². The summed E-state index contributed by atoms with van der Waals surface area (Å²) in [6.07, 6.45) is 0. The molecule has 0 bridgehead atoms. The highest BCUT2D eigenvalue weighted by molar-refractivity contribution is 6.06. The summed E-state index contributed by atoms with van der Waals surface area (Å²) in [7, 11) is 1.50. The molecule has 3 aromatic rings. The maximum absolute atomic E-state index is 12.7. The molecule has 212 valence electrons. The van der Waals surface area contributed by atoms with E-state index in [1.54, 1.807) is 30.3 Å². The van der Waals surface area contributed by atoms with Crippen molar-refractivity contribution in [1.82, 2.24) is 16.0 Å². The Balaban J connectivity index is 0.00000387. The molecule has 2 aliphatic heterocycles. The third-order valence-electron chi connectivity index (χ3n) is 6.12. The largest absolute Gasteiger partial charge is 0.368 e. The minimum Gasteiger partial charge on any atom is -0.368 e. The number of rotatable bonds is 7. The molecule has 41 heavy (non-hydrogen) atoms. The lowest BCUT2D eigenvalue weighted by Crippen LogP contribution is -2.23. The highest BCUT2D eigenvalue weighted by atomic mass is 35.5. The Hall–Kier alpha value is -5.10. The first kappa shape index (κ1) is 28.9. The van der Waals surface area contributed by atoms with E-state index in [0.717, 1.165) is 49.0 Å². The normalized spacial score (nSPS) is 13.4. The lowest BCUT2D eigenvalue weighted by Gasteiger charge is -2.13. The van der Waals surface area contributed by atoms with Crippen LogP contribution in [0.3, 0.4) is 0 Å². The van der Waals surface area contributed by atoms with Crippen LogP contribution in [-0.2, 0) is 0 Å². The van der Waals surface area contributed by atoms with Crippen molar-refractivity contribution in [1.29, 1.82) is 0 Å². The number of urea groups is 2. The molecule has 0 aliphatic carbocycles. The number of hydrogen-bond acceptors (Lipinski definition) is 7. The van der Waals surface area contributed by atoms with E-state index in [-0.39, 0.29) is 23.9 Å². The SMILES string of the molecule is CNC(=O)c1cc(NC(=O)Nc2ccc(C3=NCCN3)cc2)cc(NC(=O)Nc2ccc(C3=NCCN3)cc2)c1.Cl. The smallest absolute Gasteiger partial charge is 0.323 e. The van der Waals surface area contributed by atoms with Gasteiger partial charge in [-0.15, -0.1) is 12.4 Å². The van der Waals surface area contributed by atoms with Crippen LogP contribution in [0.4, 0.5) is 32.3 Å². The number of nitrogens with zero attached hydrogens (tertiary/aromatic N) is 2. The molecule has 3 aromatic carbocycles. The number of carbonyl (C=O) groups is 3. The summed E-state index contributed by atoms with van der Waals surface area (Å²) in [5.41, 5.74) is 3.95. The molecule has 0 unspecified atom stereocenters. The van der Waals surface area contributed by atoms with Gasteiger partial charge in [0.2, 0.25) is 0 Å². The van der Waals surface area contributed by atoms with Crippen LogP contribution in [0.15, 0.2) is 76.7 Å². The van der Waals surface area contributed by atoms with Crippen LogP contribution < -0.4 is 37.2 Å². The van der Waals surface area contributed by atoms with E-state index in [2.05, 4.69) is 47.2 Å². The average molecular weight is 576 g/mol. The maximum Gasteiger partial charge on any atom is 0.323 e. The van der Waals surface area contributed by atoms with Gasteiger partial charge in [-0.3, -0.25) is 14.8 Å². The Morgan fingerprint density at radius 3 is 1.41 bits per heavy atom. The van der Waals surface area contributed by atoms with Crippen molar-refractivity contribution in [3.05, 3.63) is 83.4 Å². The fourth-order valence-corrected chi connectivity index (χ4v) is 4.24. The monoisotopic (exact) mass is 575 g/mol. The van der Waals surface area contributed by atoms with Crippen molar-refractivity contribution >= 4 is 64.8 Å². The molecule has 0 spiro atoms. The summed E-state index contributed by atoms with van der Waals surface area (Å²) < 4.78 is 0. The van der Waals surface area contributed by atoms with Gasteiger partial charge in [-0.1, -0.05) is 0 Å². The fourth-order valence-electron chi connectivity index (χ4n) is 4.24. The van der Waals surface area contributed by atoms with Crippen molar-refractivity contribution in [3.63, 3.8) is 0 Å². The van der Waals surface area contributed by atoms with Gasteiger partial charge in [-0.2, -0.15) is 0 Å². The van der Waals surface area contributed by atoms with Gasteiger partial charge in [0, 0.05) is 59.6 Å². The van der Waals surface area contributed by atoms with Crippen LogP contribution in [0.25, 0.3) is 0 Å². The highest BCUT2D eigenvalue weighted by Crippen LogP contribution is 2.21. The van der Waals surface area contributed by atoms with E-state index < -0.39 is 12.1 Å². The zero-order chi connectivity index (χ0) is 27.9. The third kappa shape index (κ3) is 7.51. The number of aliphatic imine (C=N–C) groups is 2. The molecule has 7 N–H and O–H groups in total. The van der Waals surface area contributed by atoms with Gasteiger partial charge < -0.3 is 37.2 Å². The molecule has 5 amide bonds.